The number of nitrogens with one attached hydrogen (secondary N) is 1. The predicted octanol–water partition coefficient (Wildman–Crippen LogP) is 4.57. The van der Waals surface area contributed by atoms with Crippen LogP contribution in [0.3, 0.4) is 0 Å². The van der Waals surface area contributed by atoms with E-state index in [0.29, 0.717) is 11.4 Å². The molecule has 5 aromatic rings. The highest BCUT2D eigenvalue weighted by atomic mass is 16.4. The van der Waals surface area contributed by atoms with Crippen molar-refractivity contribution in [2.24, 2.45) is 0 Å². The van der Waals surface area contributed by atoms with Gasteiger partial charge in [-0.1, -0.05) is 42.5 Å². The number of para-hydroxylation sites is 2. The van der Waals surface area contributed by atoms with Gasteiger partial charge in [0, 0.05) is 33.2 Å². The Kier molecular flexibility index (Phi) is 4.65. The van der Waals surface area contributed by atoms with Crippen molar-refractivity contribution in [3.63, 3.8) is 0 Å². The Bertz CT molecular complexity index is 1710. The highest BCUT2D eigenvalue weighted by Gasteiger charge is 2.59. The SMILES string of the molecule is Nc1cccc2c1C(CC(=O)O)(C(=O)c1cc3c(cn1)[nH]c1ccccc13)C(=O)N2c1ccccc1. The molecule has 1 atom stereocenters. The largest absolute Gasteiger partial charge is 0.481 e. The number of aromatic nitrogens is 2. The van der Waals surface area contributed by atoms with E-state index in [4.69, 9.17) is 5.73 Å². The average Bonchev–Trinajstić information content (AvgIpc) is 3.37. The number of aliphatic carboxylic acids is 1. The van der Waals surface area contributed by atoms with Crippen molar-refractivity contribution >= 4 is 56.5 Å². The number of carbonyl (C=O) groups excluding carboxylic acids is 2. The van der Waals surface area contributed by atoms with Gasteiger partial charge >= 0.3 is 5.97 Å². The smallest absolute Gasteiger partial charge is 0.305 e. The van der Waals surface area contributed by atoms with Crippen LogP contribution in [0.5, 0.6) is 0 Å². The van der Waals surface area contributed by atoms with Crippen LogP contribution >= 0.6 is 0 Å². The molecule has 1 unspecified atom stereocenters. The fraction of sp³-hybridized carbons (Fsp3) is 0.0714. The summed E-state index contributed by atoms with van der Waals surface area (Å²) in [6.45, 7) is 0. The molecule has 1 aliphatic heterocycles. The molecule has 2 aromatic heterocycles. The first-order valence-corrected chi connectivity index (χ1v) is 11.3. The number of carbonyl (C=O) groups is 3. The molecule has 4 N–H and O–H groups in total. The summed E-state index contributed by atoms with van der Waals surface area (Å²) in [6, 6.07) is 22.9. The first-order chi connectivity index (χ1) is 17.4. The minimum absolute atomic E-state index is 0.00836. The van der Waals surface area contributed by atoms with E-state index >= 15 is 0 Å². The number of fused-ring (bicyclic) bond motifs is 4. The minimum Gasteiger partial charge on any atom is -0.481 e. The number of nitrogens with two attached hydrogens (primary N) is 1. The molecule has 8 nitrogen and oxygen atoms in total. The van der Waals surface area contributed by atoms with Crippen molar-refractivity contribution < 1.29 is 19.5 Å². The summed E-state index contributed by atoms with van der Waals surface area (Å²) >= 11 is 0. The molecule has 1 aliphatic rings. The lowest BCUT2D eigenvalue weighted by atomic mass is 9.73. The van der Waals surface area contributed by atoms with E-state index in [1.165, 1.54) is 11.1 Å². The Morgan fingerprint density at radius 2 is 1.69 bits per heavy atom. The Hall–Kier alpha value is -4.98. The molecular formula is C28H20N4O4. The van der Waals surface area contributed by atoms with E-state index in [2.05, 4.69) is 9.97 Å². The lowest BCUT2D eigenvalue weighted by Gasteiger charge is -2.26. The molecule has 0 spiro atoms. The molecular weight excluding hydrogens is 456 g/mol. The van der Waals surface area contributed by atoms with Crippen LogP contribution < -0.4 is 10.6 Å². The number of carboxylic acid groups (broad SMARTS) is 1. The van der Waals surface area contributed by atoms with Crippen LogP contribution in [0.1, 0.15) is 22.5 Å². The third kappa shape index (κ3) is 2.94. The van der Waals surface area contributed by atoms with E-state index in [0.717, 1.165) is 21.8 Å². The molecule has 0 radical (unpaired) electrons. The van der Waals surface area contributed by atoms with Crippen LogP contribution in [0.25, 0.3) is 21.8 Å². The number of nitrogen functional groups attached to an aromatic ring is 1. The van der Waals surface area contributed by atoms with Gasteiger partial charge in [0.05, 0.1) is 23.8 Å². The third-order valence-electron chi connectivity index (χ3n) is 6.75. The molecule has 3 aromatic carbocycles. The van der Waals surface area contributed by atoms with Gasteiger partial charge in [-0.25, -0.2) is 0 Å². The molecule has 36 heavy (non-hydrogen) atoms. The van der Waals surface area contributed by atoms with Gasteiger partial charge in [0.2, 0.25) is 5.78 Å². The Morgan fingerprint density at radius 3 is 2.47 bits per heavy atom. The lowest BCUT2D eigenvalue weighted by Crippen LogP contribution is -2.47. The quantitative estimate of drug-likeness (QED) is 0.194. The summed E-state index contributed by atoms with van der Waals surface area (Å²) in [6.07, 6.45) is 0.767. The minimum atomic E-state index is -2.07. The number of carboxylic acids is 1. The zero-order valence-corrected chi connectivity index (χ0v) is 18.9. The summed E-state index contributed by atoms with van der Waals surface area (Å²) in [5.41, 5.74) is 7.11. The van der Waals surface area contributed by atoms with Gasteiger partial charge in [0.15, 0.2) is 5.41 Å². The van der Waals surface area contributed by atoms with Gasteiger partial charge in [-0.15, -0.1) is 0 Å². The number of pyridine rings is 1. The Morgan fingerprint density at radius 1 is 0.944 bits per heavy atom. The van der Waals surface area contributed by atoms with E-state index < -0.39 is 29.5 Å². The zero-order chi connectivity index (χ0) is 25.0. The molecule has 0 saturated heterocycles. The second kappa shape index (κ2) is 7.78. The zero-order valence-electron chi connectivity index (χ0n) is 18.9. The van der Waals surface area contributed by atoms with Gasteiger partial charge in [-0.3, -0.25) is 24.3 Å². The Labute approximate surface area is 205 Å². The molecule has 176 valence electrons. The number of amides is 1. The number of ketones is 1. The van der Waals surface area contributed by atoms with Crippen LogP contribution in [-0.2, 0) is 15.0 Å². The lowest BCUT2D eigenvalue weighted by molar-refractivity contribution is -0.140. The van der Waals surface area contributed by atoms with Crippen molar-refractivity contribution in [1.29, 1.82) is 0 Å². The summed E-state index contributed by atoms with van der Waals surface area (Å²) in [7, 11) is 0. The van der Waals surface area contributed by atoms with Gasteiger partial charge in [0.1, 0.15) is 5.69 Å². The molecule has 1 amide bonds. The highest BCUT2D eigenvalue weighted by Crippen LogP contribution is 2.51. The van der Waals surface area contributed by atoms with E-state index in [-0.39, 0.29) is 16.9 Å². The van der Waals surface area contributed by atoms with E-state index in [9.17, 15) is 19.5 Å². The number of benzene rings is 3. The first-order valence-electron chi connectivity index (χ1n) is 11.3. The maximum Gasteiger partial charge on any atom is 0.305 e. The molecule has 0 fully saturated rings. The van der Waals surface area contributed by atoms with Crippen molar-refractivity contribution in [3.8, 4) is 0 Å². The summed E-state index contributed by atoms with van der Waals surface area (Å²) in [4.78, 5) is 49.6. The van der Waals surface area contributed by atoms with Crippen LogP contribution in [0.15, 0.2) is 85.1 Å². The van der Waals surface area contributed by atoms with Crippen LogP contribution in [-0.4, -0.2) is 32.7 Å². The fourth-order valence-corrected chi connectivity index (χ4v) is 5.22. The van der Waals surface area contributed by atoms with Gasteiger partial charge in [-0.2, -0.15) is 0 Å². The van der Waals surface area contributed by atoms with Crippen LogP contribution in [0.2, 0.25) is 0 Å². The van der Waals surface area contributed by atoms with Crippen molar-refractivity contribution in [2.75, 3.05) is 10.6 Å². The first kappa shape index (κ1) is 21.5. The van der Waals surface area contributed by atoms with E-state index in [1.54, 1.807) is 54.6 Å². The van der Waals surface area contributed by atoms with Crippen molar-refractivity contribution in [3.05, 3.63) is 96.3 Å². The fourth-order valence-electron chi connectivity index (χ4n) is 5.22. The maximum atomic E-state index is 14.3. The standard InChI is InChI=1S/C28H20N4O4/c29-19-10-6-12-23-25(19)28(14-24(33)34,27(36)32(23)16-7-2-1-3-8-16)26(35)21-13-18-17-9-4-5-11-20(17)31-22(18)15-30-21/h1-13,15,31H,14,29H2,(H,33,34). The summed E-state index contributed by atoms with van der Waals surface area (Å²) in [5, 5.41) is 11.6. The molecule has 0 saturated carbocycles. The second-order valence-electron chi connectivity index (χ2n) is 8.81. The molecule has 8 heteroatoms. The number of hydrogen-bond acceptors (Lipinski definition) is 5. The van der Waals surface area contributed by atoms with Crippen molar-refractivity contribution in [2.45, 2.75) is 11.8 Å². The van der Waals surface area contributed by atoms with Crippen LogP contribution in [0.4, 0.5) is 17.1 Å². The number of hydrogen-bond donors (Lipinski definition) is 3. The second-order valence-corrected chi connectivity index (χ2v) is 8.81. The Balaban J connectivity index is 1.60. The van der Waals surface area contributed by atoms with E-state index in [1.807, 2.05) is 24.3 Å². The number of H-pyrrole nitrogens is 1. The number of Topliss-reactive ketones (excluding diaryl/α,β-unsaturated/α-hetero) is 1. The number of aromatic amines is 1. The predicted molar refractivity (Wildman–Crippen MR) is 136 cm³/mol. The number of anilines is 3. The summed E-state index contributed by atoms with van der Waals surface area (Å²) < 4.78 is 0. The monoisotopic (exact) mass is 476 g/mol. The highest BCUT2D eigenvalue weighted by molar-refractivity contribution is 6.30. The summed E-state index contributed by atoms with van der Waals surface area (Å²) in [5.74, 6) is -2.68. The van der Waals surface area contributed by atoms with Crippen LogP contribution in [0, 0.1) is 0 Å². The van der Waals surface area contributed by atoms with Crippen molar-refractivity contribution in [1.82, 2.24) is 9.97 Å². The normalized spacial score (nSPS) is 17.0. The van der Waals surface area contributed by atoms with Gasteiger partial charge in [-0.05, 0) is 36.4 Å². The van der Waals surface area contributed by atoms with Gasteiger partial charge < -0.3 is 15.8 Å². The topological polar surface area (TPSA) is 129 Å². The molecule has 0 aliphatic carbocycles. The molecule has 6 rings (SSSR count). The van der Waals surface area contributed by atoms with Gasteiger partial charge in [0.25, 0.3) is 5.91 Å². The number of rotatable bonds is 5. The third-order valence-corrected chi connectivity index (χ3v) is 6.75. The maximum absolute atomic E-state index is 14.3. The molecule has 0 bridgehead atoms. The number of nitrogens with zero attached hydrogens (tertiary/aromatic N) is 2. The average molecular weight is 476 g/mol. The molecule has 3 heterocycles.